The van der Waals surface area contributed by atoms with Crippen LogP contribution >= 0.6 is 15.9 Å². The fraction of sp³-hybridized carbons (Fsp3) is 0.154. The molecular weight excluding hydrogens is 482 g/mol. The van der Waals surface area contributed by atoms with Crippen molar-refractivity contribution in [2.75, 3.05) is 5.32 Å². The Morgan fingerprint density at radius 3 is 2.39 bits per heavy atom. The average molecular weight is 504 g/mol. The number of ketones is 1. The molecule has 2 aromatic heterocycles. The minimum absolute atomic E-state index is 0.000821. The summed E-state index contributed by atoms with van der Waals surface area (Å²) in [5, 5.41) is 3.25. The van der Waals surface area contributed by atoms with Crippen molar-refractivity contribution in [1.29, 1.82) is 0 Å². The number of anilines is 1. The number of pyridine rings is 2. The third-order valence-electron chi connectivity index (χ3n) is 5.40. The van der Waals surface area contributed by atoms with E-state index in [1.807, 2.05) is 24.3 Å². The number of nitrogens with one attached hydrogen (secondary N) is 1. The van der Waals surface area contributed by atoms with Gasteiger partial charge in [0, 0.05) is 39.7 Å². The number of hydrogen-bond donors (Lipinski definition) is 1. The fourth-order valence-corrected chi connectivity index (χ4v) is 3.99. The Balaban J connectivity index is 1.70. The van der Waals surface area contributed by atoms with Crippen LogP contribution in [0.5, 0.6) is 0 Å². The zero-order valence-electron chi connectivity index (χ0n) is 18.2. The van der Waals surface area contributed by atoms with Gasteiger partial charge in [-0.3, -0.25) is 19.4 Å². The van der Waals surface area contributed by atoms with Crippen LogP contribution in [0.15, 0.2) is 82.5 Å². The Kier molecular flexibility index (Phi) is 6.51. The van der Waals surface area contributed by atoms with Crippen LogP contribution in [0.25, 0.3) is 10.9 Å². The lowest BCUT2D eigenvalue weighted by atomic mass is 10.0. The van der Waals surface area contributed by atoms with Crippen molar-refractivity contribution in [3.63, 3.8) is 0 Å². The van der Waals surface area contributed by atoms with Gasteiger partial charge >= 0.3 is 0 Å². The summed E-state index contributed by atoms with van der Waals surface area (Å²) in [6, 6.07) is 16.0. The quantitative estimate of drug-likeness (QED) is 0.368. The van der Waals surface area contributed by atoms with Gasteiger partial charge in [-0.25, -0.2) is 0 Å². The van der Waals surface area contributed by atoms with Gasteiger partial charge in [0.25, 0.3) is 0 Å². The molecule has 166 valence electrons. The summed E-state index contributed by atoms with van der Waals surface area (Å²) in [6.07, 6.45) is 4.46. The number of rotatable bonds is 6. The van der Waals surface area contributed by atoms with E-state index in [4.69, 9.17) is 0 Å². The number of hydrogen-bond acceptors (Lipinski definition) is 4. The van der Waals surface area contributed by atoms with E-state index in [1.54, 1.807) is 34.9 Å². The van der Waals surface area contributed by atoms with Crippen LogP contribution in [-0.4, -0.2) is 21.2 Å². The highest BCUT2D eigenvalue weighted by Crippen LogP contribution is 2.20. The average Bonchev–Trinajstić information content (AvgIpc) is 2.81. The minimum Gasteiger partial charge on any atom is -0.337 e. The first-order chi connectivity index (χ1) is 15.8. The Bertz CT molecular complexity index is 1390. The van der Waals surface area contributed by atoms with Crippen LogP contribution < -0.4 is 10.7 Å². The first-order valence-corrected chi connectivity index (χ1v) is 11.3. The highest BCUT2D eigenvalue weighted by atomic mass is 79.9. The molecule has 0 aliphatic heterocycles. The summed E-state index contributed by atoms with van der Waals surface area (Å²) in [5.41, 5.74) is 2.42. The van der Waals surface area contributed by atoms with E-state index < -0.39 is 5.78 Å². The smallest absolute Gasteiger partial charge is 0.244 e. The molecule has 2 heterocycles. The first kappa shape index (κ1) is 22.6. The topological polar surface area (TPSA) is 81.1 Å². The van der Waals surface area contributed by atoms with Crippen LogP contribution in [-0.2, 0) is 11.3 Å². The maximum absolute atomic E-state index is 13.1. The molecule has 0 aliphatic carbocycles. The lowest BCUT2D eigenvalue weighted by Crippen LogP contribution is -2.24. The summed E-state index contributed by atoms with van der Waals surface area (Å²) in [6.45, 7) is 4.16. The summed E-state index contributed by atoms with van der Waals surface area (Å²) in [5.74, 6) is -0.275. The Morgan fingerprint density at radius 2 is 1.73 bits per heavy atom. The van der Waals surface area contributed by atoms with E-state index in [1.165, 1.54) is 24.2 Å². The molecule has 33 heavy (non-hydrogen) atoms. The normalized spacial score (nSPS) is 11.0. The Morgan fingerprint density at radius 1 is 1.03 bits per heavy atom. The minimum atomic E-state index is -0.414. The highest BCUT2D eigenvalue weighted by molar-refractivity contribution is 9.10. The zero-order valence-corrected chi connectivity index (χ0v) is 19.8. The highest BCUT2D eigenvalue weighted by Gasteiger charge is 2.18. The molecule has 2 aromatic carbocycles. The van der Waals surface area contributed by atoms with Gasteiger partial charge in [0.15, 0.2) is 5.78 Å². The largest absolute Gasteiger partial charge is 0.337 e. The first-order valence-electron chi connectivity index (χ1n) is 10.5. The Hall–Kier alpha value is -3.58. The number of halogens is 1. The van der Waals surface area contributed by atoms with Crippen LogP contribution in [0.1, 0.15) is 41.3 Å². The van der Waals surface area contributed by atoms with Gasteiger partial charge in [-0.05, 0) is 53.9 Å². The van der Waals surface area contributed by atoms with Gasteiger partial charge in [-0.1, -0.05) is 41.9 Å². The number of fused-ring (bicyclic) bond motifs is 1. The van der Waals surface area contributed by atoms with Gasteiger partial charge in [-0.2, -0.15) is 0 Å². The van der Waals surface area contributed by atoms with E-state index in [2.05, 4.69) is 40.1 Å². The summed E-state index contributed by atoms with van der Waals surface area (Å²) < 4.78 is 2.34. The molecule has 7 heteroatoms. The molecule has 0 aliphatic rings. The molecule has 6 nitrogen and oxygen atoms in total. The lowest BCUT2D eigenvalue weighted by Gasteiger charge is -2.14. The monoisotopic (exact) mass is 503 g/mol. The molecule has 0 saturated carbocycles. The van der Waals surface area contributed by atoms with Gasteiger partial charge in [-0.15, -0.1) is 0 Å². The summed E-state index contributed by atoms with van der Waals surface area (Å²) in [7, 11) is 0. The molecule has 0 atom stereocenters. The SMILES string of the molecule is CC(C)c1ccc(NC(=O)Cn2cc(C(=O)c3ccncc3)c(=O)c3cc(Br)ccc32)cc1. The molecule has 0 unspecified atom stereocenters. The van der Waals surface area contributed by atoms with Gasteiger partial charge in [0.05, 0.1) is 11.1 Å². The number of carbonyl (C=O) groups excluding carboxylic acids is 2. The van der Waals surface area contributed by atoms with E-state index in [0.29, 0.717) is 32.5 Å². The van der Waals surface area contributed by atoms with E-state index in [-0.39, 0.29) is 23.4 Å². The number of amides is 1. The van der Waals surface area contributed by atoms with E-state index in [0.717, 1.165) is 0 Å². The van der Waals surface area contributed by atoms with Crippen LogP contribution in [0.3, 0.4) is 0 Å². The van der Waals surface area contributed by atoms with Gasteiger partial charge < -0.3 is 9.88 Å². The predicted octanol–water partition coefficient (Wildman–Crippen LogP) is 5.15. The van der Waals surface area contributed by atoms with Crippen molar-refractivity contribution in [3.8, 4) is 0 Å². The van der Waals surface area contributed by atoms with Crippen LogP contribution in [0.4, 0.5) is 5.69 Å². The van der Waals surface area contributed by atoms with Crippen LogP contribution in [0, 0.1) is 0 Å². The Labute approximate surface area is 199 Å². The van der Waals surface area contributed by atoms with Gasteiger partial charge in [0.2, 0.25) is 11.3 Å². The molecule has 4 aromatic rings. The molecule has 0 radical (unpaired) electrons. The number of carbonyl (C=O) groups is 2. The van der Waals surface area contributed by atoms with E-state index in [9.17, 15) is 14.4 Å². The molecule has 0 spiro atoms. The van der Waals surface area contributed by atoms with Crippen molar-refractivity contribution in [2.24, 2.45) is 0 Å². The second kappa shape index (κ2) is 9.50. The van der Waals surface area contributed by atoms with E-state index >= 15 is 0 Å². The van der Waals surface area contributed by atoms with Gasteiger partial charge in [0.1, 0.15) is 6.54 Å². The zero-order chi connectivity index (χ0) is 23.5. The molecule has 0 saturated heterocycles. The predicted molar refractivity (Wildman–Crippen MR) is 133 cm³/mol. The number of nitrogens with zero attached hydrogens (tertiary/aromatic N) is 2. The number of aromatic nitrogens is 2. The lowest BCUT2D eigenvalue weighted by molar-refractivity contribution is -0.116. The van der Waals surface area contributed by atoms with Crippen molar-refractivity contribution in [2.45, 2.75) is 26.3 Å². The molecule has 0 fully saturated rings. The molecule has 1 N–H and O–H groups in total. The fourth-order valence-electron chi connectivity index (χ4n) is 3.63. The molecule has 4 rings (SSSR count). The van der Waals surface area contributed by atoms with Crippen molar-refractivity contribution in [1.82, 2.24) is 9.55 Å². The van der Waals surface area contributed by atoms with Crippen molar-refractivity contribution >= 4 is 44.2 Å². The standard InChI is InChI=1S/C26H22BrN3O3/c1-16(2)17-3-6-20(7-4-17)29-24(31)15-30-14-22(25(32)18-9-11-28-12-10-18)26(33)21-13-19(27)5-8-23(21)30/h3-14,16H,15H2,1-2H3,(H,29,31). The summed E-state index contributed by atoms with van der Waals surface area (Å²) >= 11 is 3.39. The van der Waals surface area contributed by atoms with Crippen molar-refractivity contribution in [3.05, 3.63) is 105 Å². The molecule has 0 bridgehead atoms. The van der Waals surface area contributed by atoms with Crippen LogP contribution in [0.2, 0.25) is 0 Å². The maximum atomic E-state index is 13.1. The summed E-state index contributed by atoms with van der Waals surface area (Å²) in [4.78, 5) is 43.0. The third-order valence-corrected chi connectivity index (χ3v) is 5.90. The maximum Gasteiger partial charge on any atom is 0.244 e. The number of benzene rings is 2. The molecular formula is C26H22BrN3O3. The van der Waals surface area contributed by atoms with Crippen molar-refractivity contribution < 1.29 is 9.59 Å². The third kappa shape index (κ3) is 4.93. The second-order valence-electron chi connectivity index (χ2n) is 8.05. The second-order valence-corrected chi connectivity index (χ2v) is 8.97. The molecule has 1 amide bonds.